The summed E-state index contributed by atoms with van der Waals surface area (Å²) < 4.78 is 20.0. The number of benzene rings is 2. The van der Waals surface area contributed by atoms with Crippen LogP contribution in [0.5, 0.6) is 5.75 Å². The molecule has 3 rings (SSSR count). The minimum absolute atomic E-state index is 0.0442. The molecule has 0 spiro atoms. The summed E-state index contributed by atoms with van der Waals surface area (Å²) >= 11 is 6.05. The van der Waals surface area contributed by atoms with Crippen molar-refractivity contribution in [2.45, 2.75) is 26.0 Å². The highest BCUT2D eigenvalue weighted by Crippen LogP contribution is 2.41. The van der Waals surface area contributed by atoms with Crippen molar-refractivity contribution in [1.29, 1.82) is 0 Å². The van der Waals surface area contributed by atoms with Gasteiger partial charge in [-0.2, -0.15) is 0 Å². The van der Waals surface area contributed by atoms with E-state index in [2.05, 4.69) is 5.32 Å². The molecule has 4 heteroatoms. The largest absolute Gasteiger partial charge is 0.481 e. The highest BCUT2D eigenvalue weighted by molar-refractivity contribution is 6.31. The molecule has 1 heterocycles. The molecule has 2 aromatic rings. The summed E-state index contributed by atoms with van der Waals surface area (Å²) in [6.07, 6.45) is -0.358. The van der Waals surface area contributed by atoms with E-state index < -0.39 is 0 Å². The summed E-state index contributed by atoms with van der Waals surface area (Å²) in [6.45, 7) is 3.90. The van der Waals surface area contributed by atoms with Gasteiger partial charge in [0.1, 0.15) is 17.7 Å². The normalized spacial score (nSPS) is 20.8. The lowest BCUT2D eigenvalue weighted by Crippen LogP contribution is -2.33. The zero-order valence-corrected chi connectivity index (χ0v) is 12.0. The van der Waals surface area contributed by atoms with Crippen molar-refractivity contribution in [1.82, 2.24) is 0 Å². The average molecular weight is 292 g/mol. The maximum Gasteiger partial charge on any atom is 0.146 e. The summed E-state index contributed by atoms with van der Waals surface area (Å²) in [5.74, 6) is 0.488. The van der Waals surface area contributed by atoms with Gasteiger partial charge in [-0.3, -0.25) is 0 Å². The standard InChI is InChI=1S/C16H15ClFNO/c1-9-7-11(17)8-14-15(9)20-16(10(2)19-14)12-5-3-4-6-13(12)18/h3-8,10,16,19H,1-2H3. The number of hydrogen-bond acceptors (Lipinski definition) is 2. The van der Waals surface area contributed by atoms with Crippen molar-refractivity contribution in [3.8, 4) is 5.75 Å². The molecule has 2 atom stereocenters. The van der Waals surface area contributed by atoms with E-state index in [1.807, 2.05) is 32.0 Å². The molecule has 0 aromatic heterocycles. The van der Waals surface area contributed by atoms with Crippen molar-refractivity contribution in [3.63, 3.8) is 0 Å². The van der Waals surface area contributed by atoms with E-state index in [1.165, 1.54) is 6.07 Å². The molecule has 2 unspecified atom stereocenters. The SMILES string of the molecule is Cc1cc(Cl)cc2c1OC(c1ccccc1F)C(C)N2. The van der Waals surface area contributed by atoms with E-state index in [0.717, 1.165) is 17.0 Å². The van der Waals surface area contributed by atoms with Gasteiger partial charge < -0.3 is 10.1 Å². The summed E-state index contributed by atoms with van der Waals surface area (Å²) in [5, 5.41) is 4.00. The fourth-order valence-electron chi connectivity index (χ4n) is 2.58. The lowest BCUT2D eigenvalue weighted by molar-refractivity contribution is 0.172. The highest BCUT2D eigenvalue weighted by Gasteiger charge is 2.30. The molecule has 0 saturated carbocycles. The van der Waals surface area contributed by atoms with E-state index in [-0.39, 0.29) is 18.0 Å². The summed E-state index contributed by atoms with van der Waals surface area (Å²) in [5.41, 5.74) is 2.36. The number of ether oxygens (including phenoxy) is 1. The number of fused-ring (bicyclic) bond motifs is 1. The molecule has 1 N–H and O–H groups in total. The Balaban J connectivity index is 2.03. The predicted molar refractivity (Wildman–Crippen MR) is 79.0 cm³/mol. The molecule has 0 fully saturated rings. The number of hydrogen-bond donors (Lipinski definition) is 1. The van der Waals surface area contributed by atoms with Gasteiger partial charge in [-0.25, -0.2) is 4.39 Å². The Labute approximate surface area is 122 Å². The van der Waals surface area contributed by atoms with Gasteiger partial charge in [0.15, 0.2) is 0 Å². The molecule has 1 aliphatic heterocycles. The Bertz CT molecular complexity index is 659. The van der Waals surface area contributed by atoms with Crippen molar-refractivity contribution in [2.75, 3.05) is 5.32 Å². The predicted octanol–water partition coefficient (Wildman–Crippen LogP) is 4.72. The van der Waals surface area contributed by atoms with Gasteiger partial charge in [-0.1, -0.05) is 29.8 Å². The lowest BCUT2D eigenvalue weighted by Gasteiger charge is -2.34. The molecule has 2 nitrogen and oxygen atoms in total. The number of anilines is 1. The Morgan fingerprint density at radius 2 is 2.00 bits per heavy atom. The molecular weight excluding hydrogens is 277 g/mol. The minimum Gasteiger partial charge on any atom is -0.481 e. The number of rotatable bonds is 1. The summed E-state index contributed by atoms with van der Waals surface area (Å²) in [4.78, 5) is 0. The minimum atomic E-state index is -0.358. The van der Waals surface area contributed by atoms with Crippen LogP contribution >= 0.6 is 11.6 Å². The zero-order valence-electron chi connectivity index (χ0n) is 11.3. The third kappa shape index (κ3) is 2.22. The molecule has 20 heavy (non-hydrogen) atoms. The Morgan fingerprint density at radius 3 is 2.75 bits per heavy atom. The molecule has 2 aromatic carbocycles. The Kier molecular flexibility index (Phi) is 3.30. The lowest BCUT2D eigenvalue weighted by atomic mass is 9.99. The van der Waals surface area contributed by atoms with Crippen LogP contribution in [0.25, 0.3) is 0 Å². The van der Waals surface area contributed by atoms with Crippen molar-refractivity contribution < 1.29 is 9.13 Å². The van der Waals surface area contributed by atoms with Crippen LogP contribution in [0.4, 0.5) is 10.1 Å². The number of aryl methyl sites for hydroxylation is 1. The smallest absolute Gasteiger partial charge is 0.146 e. The summed E-state index contributed by atoms with van der Waals surface area (Å²) in [7, 11) is 0. The topological polar surface area (TPSA) is 21.3 Å². The molecular formula is C16H15ClFNO. The third-order valence-corrected chi connectivity index (χ3v) is 3.75. The Hall–Kier alpha value is -1.74. The Morgan fingerprint density at radius 1 is 1.25 bits per heavy atom. The van der Waals surface area contributed by atoms with Gasteiger partial charge >= 0.3 is 0 Å². The monoisotopic (exact) mass is 291 g/mol. The maximum absolute atomic E-state index is 14.0. The average Bonchev–Trinajstić information content (AvgIpc) is 2.39. The van der Waals surface area contributed by atoms with Gasteiger partial charge in [0.25, 0.3) is 0 Å². The van der Waals surface area contributed by atoms with Crippen LogP contribution in [-0.4, -0.2) is 6.04 Å². The van der Waals surface area contributed by atoms with Crippen LogP contribution in [-0.2, 0) is 0 Å². The molecule has 0 bridgehead atoms. The van der Waals surface area contributed by atoms with Crippen molar-refractivity contribution in [3.05, 3.63) is 58.4 Å². The van der Waals surface area contributed by atoms with Gasteiger partial charge in [0.05, 0.1) is 11.7 Å². The fourth-order valence-corrected chi connectivity index (χ4v) is 2.85. The quantitative estimate of drug-likeness (QED) is 0.821. The second kappa shape index (κ2) is 4.98. The van der Waals surface area contributed by atoms with E-state index in [4.69, 9.17) is 16.3 Å². The van der Waals surface area contributed by atoms with Crippen LogP contribution in [0.3, 0.4) is 0 Å². The number of halogens is 2. The van der Waals surface area contributed by atoms with Crippen LogP contribution in [0.1, 0.15) is 24.2 Å². The van der Waals surface area contributed by atoms with Gasteiger partial charge in [-0.15, -0.1) is 0 Å². The van der Waals surface area contributed by atoms with Crippen LogP contribution in [0.15, 0.2) is 36.4 Å². The molecule has 0 aliphatic carbocycles. The van der Waals surface area contributed by atoms with E-state index >= 15 is 0 Å². The molecule has 1 aliphatic rings. The molecule has 0 amide bonds. The highest BCUT2D eigenvalue weighted by atomic mass is 35.5. The van der Waals surface area contributed by atoms with E-state index in [1.54, 1.807) is 12.1 Å². The van der Waals surface area contributed by atoms with Crippen LogP contribution in [0.2, 0.25) is 5.02 Å². The first-order valence-electron chi connectivity index (χ1n) is 6.54. The van der Waals surface area contributed by atoms with E-state index in [0.29, 0.717) is 10.6 Å². The fraction of sp³-hybridized carbons (Fsp3) is 0.250. The number of nitrogens with one attached hydrogen (secondary N) is 1. The van der Waals surface area contributed by atoms with Gasteiger partial charge in [0.2, 0.25) is 0 Å². The van der Waals surface area contributed by atoms with Crippen molar-refractivity contribution >= 4 is 17.3 Å². The van der Waals surface area contributed by atoms with Crippen LogP contribution < -0.4 is 10.1 Å². The van der Waals surface area contributed by atoms with E-state index in [9.17, 15) is 4.39 Å². The first-order valence-corrected chi connectivity index (χ1v) is 6.92. The first-order chi connectivity index (χ1) is 9.56. The van der Waals surface area contributed by atoms with Gasteiger partial charge in [-0.05, 0) is 37.6 Å². The molecule has 0 radical (unpaired) electrons. The second-order valence-electron chi connectivity index (χ2n) is 5.09. The molecule has 0 saturated heterocycles. The van der Waals surface area contributed by atoms with Crippen molar-refractivity contribution in [2.24, 2.45) is 0 Å². The summed E-state index contributed by atoms with van der Waals surface area (Å²) in [6, 6.07) is 10.3. The maximum atomic E-state index is 14.0. The zero-order chi connectivity index (χ0) is 14.3. The van der Waals surface area contributed by atoms with Crippen LogP contribution in [0, 0.1) is 12.7 Å². The second-order valence-corrected chi connectivity index (χ2v) is 5.53. The third-order valence-electron chi connectivity index (χ3n) is 3.53. The first kappa shape index (κ1) is 13.3. The van der Waals surface area contributed by atoms with Gasteiger partial charge in [0, 0.05) is 10.6 Å². The molecule has 104 valence electrons.